The summed E-state index contributed by atoms with van der Waals surface area (Å²) in [5.41, 5.74) is 0.0250. The molecule has 1 aromatic carbocycles. The normalized spacial score (nSPS) is 16.8. The summed E-state index contributed by atoms with van der Waals surface area (Å²) in [4.78, 5) is 11.0. The van der Waals surface area contributed by atoms with Crippen molar-refractivity contribution in [2.75, 3.05) is 0 Å². The fourth-order valence-corrected chi connectivity index (χ4v) is 2.13. The van der Waals surface area contributed by atoms with E-state index in [-0.39, 0.29) is 17.4 Å². The molecule has 4 heteroatoms. The summed E-state index contributed by atoms with van der Waals surface area (Å²) in [6, 6.07) is 3.53. The van der Waals surface area contributed by atoms with Crippen LogP contribution in [-0.4, -0.2) is 17.2 Å². The molecule has 1 aliphatic rings. The second-order valence-corrected chi connectivity index (χ2v) is 4.32. The van der Waals surface area contributed by atoms with Gasteiger partial charge in [-0.1, -0.05) is 6.42 Å². The quantitative estimate of drug-likeness (QED) is 0.879. The molecule has 0 heterocycles. The van der Waals surface area contributed by atoms with Crippen LogP contribution in [0.5, 0.6) is 5.75 Å². The average Bonchev–Trinajstić information content (AvgIpc) is 2.30. The number of benzene rings is 1. The molecule has 3 nitrogen and oxygen atoms in total. The van der Waals surface area contributed by atoms with Crippen LogP contribution in [0.15, 0.2) is 18.2 Å². The van der Waals surface area contributed by atoms with E-state index in [0.717, 1.165) is 37.8 Å². The molecule has 0 spiro atoms. The van der Waals surface area contributed by atoms with Gasteiger partial charge >= 0.3 is 5.97 Å². The monoisotopic (exact) mass is 238 g/mol. The van der Waals surface area contributed by atoms with Gasteiger partial charge in [0.1, 0.15) is 17.1 Å². The Hall–Kier alpha value is -1.58. The first kappa shape index (κ1) is 11.9. The third kappa shape index (κ3) is 2.96. The van der Waals surface area contributed by atoms with E-state index in [1.807, 2.05) is 0 Å². The van der Waals surface area contributed by atoms with Gasteiger partial charge in [0.15, 0.2) is 0 Å². The van der Waals surface area contributed by atoms with Gasteiger partial charge in [0.25, 0.3) is 0 Å². The molecule has 0 amide bonds. The van der Waals surface area contributed by atoms with Crippen molar-refractivity contribution in [2.24, 2.45) is 0 Å². The van der Waals surface area contributed by atoms with Crippen LogP contribution < -0.4 is 4.74 Å². The van der Waals surface area contributed by atoms with Gasteiger partial charge in [-0.05, 0) is 37.8 Å². The summed E-state index contributed by atoms with van der Waals surface area (Å²) >= 11 is 0. The van der Waals surface area contributed by atoms with E-state index in [0.29, 0.717) is 0 Å². The first-order valence-corrected chi connectivity index (χ1v) is 5.86. The number of carbonyl (C=O) groups is 1. The lowest BCUT2D eigenvalue weighted by Crippen LogP contribution is -2.20. The number of hydrogen-bond donors (Lipinski definition) is 1. The lowest BCUT2D eigenvalue weighted by Gasteiger charge is -2.23. The highest BCUT2D eigenvalue weighted by Gasteiger charge is 2.19. The third-order valence-corrected chi connectivity index (χ3v) is 3.02. The number of carboxylic acid groups (broad SMARTS) is 1. The fraction of sp³-hybridized carbons (Fsp3) is 0.462. The maximum absolute atomic E-state index is 13.1. The Balaban J connectivity index is 2.17. The van der Waals surface area contributed by atoms with Crippen LogP contribution >= 0.6 is 0 Å². The SMILES string of the molecule is O=C(O)c1ccc(F)cc1OC1CCCCC1. The Kier molecular flexibility index (Phi) is 3.61. The van der Waals surface area contributed by atoms with E-state index in [1.54, 1.807) is 0 Å². The minimum atomic E-state index is -1.09. The first-order chi connectivity index (χ1) is 8.16. The molecule has 1 aliphatic carbocycles. The molecule has 0 bridgehead atoms. The van der Waals surface area contributed by atoms with Crippen LogP contribution in [0.25, 0.3) is 0 Å². The van der Waals surface area contributed by atoms with Gasteiger partial charge in [-0.25, -0.2) is 9.18 Å². The summed E-state index contributed by atoms with van der Waals surface area (Å²) in [7, 11) is 0. The largest absolute Gasteiger partial charge is 0.489 e. The number of carboxylic acids is 1. The fourth-order valence-electron chi connectivity index (χ4n) is 2.13. The highest BCUT2D eigenvalue weighted by Crippen LogP contribution is 2.26. The smallest absolute Gasteiger partial charge is 0.339 e. The number of aromatic carboxylic acids is 1. The Morgan fingerprint density at radius 2 is 2.00 bits per heavy atom. The molecule has 0 unspecified atom stereocenters. The molecule has 2 rings (SSSR count). The van der Waals surface area contributed by atoms with Gasteiger partial charge in [0.05, 0.1) is 6.10 Å². The van der Waals surface area contributed by atoms with Gasteiger partial charge in [-0.15, -0.1) is 0 Å². The lowest BCUT2D eigenvalue weighted by atomic mass is 9.97. The van der Waals surface area contributed by atoms with Crippen molar-refractivity contribution in [3.05, 3.63) is 29.6 Å². The Morgan fingerprint density at radius 1 is 1.29 bits per heavy atom. The molecular weight excluding hydrogens is 223 g/mol. The first-order valence-electron chi connectivity index (χ1n) is 5.86. The lowest BCUT2D eigenvalue weighted by molar-refractivity contribution is 0.0686. The minimum Gasteiger partial charge on any atom is -0.489 e. The van der Waals surface area contributed by atoms with Crippen LogP contribution in [0.2, 0.25) is 0 Å². The van der Waals surface area contributed by atoms with E-state index in [1.165, 1.54) is 12.5 Å². The van der Waals surface area contributed by atoms with Gasteiger partial charge in [0, 0.05) is 6.07 Å². The van der Waals surface area contributed by atoms with Crippen molar-refractivity contribution in [3.63, 3.8) is 0 Å². The van der Waals surface area contributed by atoms with Crippen molar-refractivity contribution in [1.29, 1.82) is 0 Å². The molecule has 0 saturated heterocycles. The molecule has 1 saturated carbocycles. The second-order valence-electron chi connectivity index (χ2n) is 4.32. The average molecular weight is 238 g/mol. The maximum Gasteiger partial charge on any atom is 0.339 e. The highest BCUT2D eigenvalue weighted by molar-refractivity contribution is 5.90. The number of ether oxygens (including phenoxy) is 1. The van der Waals surface area contributed by atoms with Gasteiger partial charge in [-0.3, -0.25) is 0 Å². The predicted octanol–water partition coefficient (Wildman–Crippen LogP) is 3.24. The minimum absolute atomic E-state index is 0.0173. The number of halogens is 1. The van der Waals surface area contributed by atoms with Crippen LogP contribution in [0.4, 0.5) is 4.39 Å². The van der Waals surface area contributed by atoms with Crippen LogP contribution in [0.1, 0.15) is 42.5 Å². The molecular formula is C13H15FO3. The van der Waals surface area contributed by atoms with Crippen LogP contribution in [-0.2, 0) is 0 Å². The van der Waals surface area contributed by atoms with Crippen LogP contribution in [0, 0.1) is 5.82 Å². The summed E-state index contributed by atoms with van der Waals surface area (Å²) < 4.78 is 18.7. The third-order valence-electron chi connectivity index (χ3n) is 3.02. The zero-order chi connectivity index (χ0) is 12.3. The Labute approximate surface area is 99.2 Å². The van der Waals surface area contributed by atoms with Crippen molar-refractivity contribution in [3.8, 4) is 5.75 Å². The van der Waals surface area contributed by atoms with Crippen molar-refractivity contribution in [2.45, 2.75) is 38.2 Å². The molecule has 17 heavy (non-hydrogen) atoms. The van der Waals surface area contributed by atoms with E-state index < -0.39 is 11.8 Å². The van der Waals surface area contributed by atoms with Crippen molar-refractivity contribution in [1.82, 2.24) is 0 Å². The summed E-state index contributed by atoms with van der Waals surface area (Å²) in [5, 5.41) is 8.98. The van der Waals surface area contributed by atoms with Gasteiger partial charge in [-0.2, -0.15) is 0 Å². The van der Waals surface area contributed by atoms with Gasteiger partial charge in [0.2, 0.25) is 0 Å². The van der Waals surface area contributed by atoms with Crippen molar-refractivity contribution >= 4 is 5.97 Å². The molecule has 1 fully saturated rings. The van der Waals surface area contributed by atoms with E-state index in [4.69, 9.17) is 9.84 Å². The van der Waals surface area contributed by atoms with E-state index >= 15 is 0 Å². The zero-order valence-corrected chi connectivity index (χ0v) is 9.49. The number of hydrogen-bond acceptors (Lipinski definition) is 2. The molecule has 1 aromatic rings. The predicted molar refractivity (Wildman–Crippen MR) is 60.9 cm³/mol. The summed E-state index contributed by atoms with van der Waals surface area (Å²) in [6.07, 6.45) is 5.20. The van der Waals surface area contributed by atoms with Crippen molar-refractivity contribution < 1.29 is 19.0 Å². The highest BCUT2D eigenvalue weighted by atomic mass is 19.1. The molecule has 0 radical (unpaired) electrons. The number of rotatable bonds is 3. The molecule has 0 aromatic heterocycles. The summed E-state index contributed by atoms with van der Waals surface area (Å²) in [5.74, 6) is -1.42. The topological polar surface area (TPSA) is 46.5 Å². The Morgan fingerprint density at radius 3 is 2.65 bits per heavy atom. The molecule has 0 atom stereocenters. The second kappa shape index (κ2) is 5.17. The van der Waals surface area contributed by atoms with E-state index in [9.17, 15) is 9.18 Å². The molecule has 92 valence electrons. The van der Waals surface area contributed by atoms with E-state index in [2.05, 4.69) is 0 Å². The van der Waals surface area contributed by atoms with Crippen LogP contribution in [0.3, 0.4) is 0 Å². The maximum atomic E-state index is 13.1. The van der Waals surface area contributed by atoms with Gasteiger partial charge < -0.3 is 9.84 Å². The Bertz CT molecular complexity index is 411. The molecule has 0 aliphatic heterocycles. The zero-order valence-electron chi connectivity index (χ0n) is 9.49. The summed E-state index contributed by atoms with van der Waals surface area (Å²) in [6.45, 7) is 0. The standard InChI is InChI=1S/C13H15FO3/c14-9-6-7-11(13(15)16)12(8-9)17-10-4-2-1-3-5-10/h6-8,10H,1-5H2,(H,15,16). The molecule has 1 N–H and O–H groups in total.